The van der Waals surface area contributed by atoms with Crippen LogP contribution in [0.2, 0.25) is 0 Å². The molecule has 0 aliphatic rings. The monoisotopic (exact) mass is 326 g/mol. The van der Waals surface area contributed by atoms with Gasteiger partial charge < -0.3 is 5.32 Å². The van der Waals surface area contributed by atoms with Gasteiger partial charge in [-0.2, -0.15) is 0 Å². The standard InChI is InChI=1S/C13H16BrFN4/c1-3-7-16-13(11-8-17-18-19(11)2)9-5-4-6-10(14)12(9)15/h4-6,8,13,16H,3,7H2,1-2H3. The number of halogens is 2. The molecule has 0 bridgehead atoms. The molecule has 1 heterocycles. The van der Waals surface area contributed by atoms with Crippen LogP contribution in [0, 0.1) is 5.82 Å². The van der Waals surface area contributed by atoms with Crippen LogP contribution >= 0.6 is 15.9 Å². The molecule has 102 valence electrons. The molecule has 1 N–H and O–H groups in total. The molecule has 0 radical (unpaired) electrons. The van der Waals surface area contributed by atoms with E-state index in [0.29, 0.717) is 10.0 Å². The minimum atomic E-state index is -0.252. The lowest BCUT2D eigenvalue weighted by Crippen LogP contribution is -2.26. The van der Waals surface area contributed by atoms with Gasteiger partial charge in [0.1, 0.15) is 5.82 Å². The van der Waals surface area contributed by atoms with E-state index < -0.39 is 0 Å². The first-order valence-corrected chi connectivity index (χ1v) is 6.96. The van der Waals surface area contributed by atoms with Gasteiger partial charge in [-0.15, -0.1) is 5.10 Å². The van der Waals surface area contributed by atoms with Crippen LogP contribution < -0.4 is 5.32 Å². The Labute approximate surface area is 120 Å². The Morgan fingerprint density at radius 2 is 2.26 bits per heavy atom. The second-order valence-corrected chi connectivity index (χ2v) is 5.17. The van der Waals surface area contributed by atoms with Crippen LogP contribution in [0.1, 0.15) is 30.6 Å². The van der Waals surface area contributed by atoms with Gasteiger partial charge in [0.2, 0.25) is 0 Å². The van der Waals surface area contributed by atoms with Crippen LogP contribution in [-0.2, 0) is 7.05 Å². The number of aryl methyl sites for hydroxylation is 1. The fourth-order valence-corrected chi connectivity index (χ4v) is 2.35. The summed E-state index contributed by atoms with van der Waals surface area (Å²) in [7, 11) is 1.80. The van der Waals surface area contributed by atoms with Gasteiger partial charge in [0.05, 0.1) is 22.4 Å². The Bertz CT molecular complexity index is 555. The molecule has 0 aliphatic carbocycles. The van der Waals surface area contributed by atoms with Gasteiger partial charge in [-0.3, -0.25) is 4.68 Å². The summed E-state index contributed by atoms with van der Waals surface area (Å²) >= 11 is 3.22. The van der Waals surface area contributed by atoms with Gasteiger partial charge >= 0.3 is 0 Å². The zero-order valence-corrected chi connectivity index (χ0v) is 12.5. The number of benzene rings is 1. The number of nitrogens with zero attached hydrogens (tertiary/aromatic N) is 3. The highest BCUT2D eigenvalue weighted by molar-refractivity contribution is 9.10. The Kier molecular flexibility index (Phi) is 4.66. The summed E-state index contributed by atoms with van der Waals surface area (Å²) in [6.45, 7) is 2.87. The van der Waals surface area contributed by atoms with Gasteiger partial charge in [0, 0.05) is 12.6 Å². The first kappa shape index (κ1) is 14.1. The molecular formula is C13H16BrFN4. The van der Waals surface area contributed by atoms with Crippen molar-refractivity contribution in [3.05, 3.63) is 45.9 Å². The maximum atomic E-state index is 14.3. The van der Waals surface area contributed by atoms with E-state index in [1.165, 1.54) is 0 Å². The molecule has 2 aromatic rings. The van der Waals surface area contributed by atoms with Crippen molar-refractivity contribution in [1.82, 2.24) is 20.3 Å². The second kappa shape index (κ2) is 6.25. The summed E-state index contributed by atoms with van der Waals surface area (Å²) in [6.07, 6.45) is 2.63. The predicted molar refractivity (Wildman–Crippen MR) is 75.2 cm³/mol. The Balaban J connectivity index is 2.43. The molecule has 1 atom stereocenters. The lowest BCUT2D eigenvalue weighted by molar-refractivity contribution is 0.516. The summed E-state index contributed by atoms with van der Waals surface area (Å²) in [6, 6.07) is 5.04. The molecule has 0 aliphatic heterocycles. The van der Waals surface area contributed by atoms with Crippen molar-refractivity contribution in [3.63, 3.8) is 0 Å². The molecule has 19 heavy (non-hydrogen) atoms. The SMILES string of the molecule is CCCNC(c1cccc(Br)c1F)c1cnnn1C. The van der Waals surface area contributed by atoms with Gasteiger partial charge in [0.15, 0.2) is 0 Å². The molecular weight excluding hydrogens is 311 g/mol. The van der Waals surface area contributed by atoms with Gasteiger partial charge in [0.25, 0.3) is 0 Å². The van der Waals surface area contributed by atoms with Crippen molar-refractivity contribution in [3.8, 4) is 0 Å². The molecule has 2 rings (SSSR count). The molecule has 4 nitrogen and oxygen atoms in total. The lowest BCUT2D eigenvalue weighted by Gasteiger charge is -2.19. The summed E-state index contributed by atoms with van der Waals surface area (Å²) in [5.74, 6) is -0.252. The molecule has 0 saturated carbocycles. The summed E-state index contributed by atoms with van der Waals surface area (Å²) in [5, 5.41) is 11.1. The first-order chi connectivity index (χ1) is 9.15. The summed E-state index contributed by atoms with van der Waals surface area (Å²) in [5.41, 5.74) is 1.43. The van der Waals surface area contributed by atoms with E-state index in [9.17, 15) is 4.39 Å². The van der Waals surface area contributed by atoms with Crippen LogP contribution in [0.5, 0.6) is 0 Å². The Hall–Kier alpha value is -1.27. The van der Waals surface area contributed by atoms with Crippen LogP contribution in [-0.4, -0.2) is 21.5 Å². The largest absolute Gasteiger partial charge is 0.305 e. The van der Waals surface area contributed by atoms with Crippen molar-refractivity contribution in [2.75, 3.05) is 6.54 Å². The smallest absolute Gasteiger partial charge is 0.142 e. The topological polar surface area (TPSA) is 42.7 Å². The molecule has 1 unspecified atom stereocenters. The average Bonchev–Trinajstić information content (AvgIpc) is 2.81. The third kappa shape index (κ3) is 3.01. The molecule has 0 spiro atoms. The van der Waals surface area contributed by atoms with Crippen LogP contribution in [0.25, 0.3) is 0 Å². The fraction of sp³-hybridized carbons (Fsp3) is 0.385. The number of aromatic nitrogens is 3. The molecule has 6 heteroatoms. The van der Waals surface area contributed by atoms with Crippen LogP contribution in [0.15, 0.2) is 28.9 Å². The highest BCUT2D eigenvalue weighted by Gasteiger charge is 2.21. The summed E-state index contributed by atoms with van der Waals surface area (Å²) < 4.78 is 16.4. The van der Waals surface area contributed by atoms with E-state index in [0.717, 1.165) is 18.7 Å². The van der Waals surface area contributed by atoms with Crippen molar-refractivity contribution < 1.29 is 4.39 Å². The molecule has 0 fully saturated rings. The van der Waals surface area contributed by atoms with Gasteiger partial charge in [-0.1, -0.05) is 24.3 Å². The quantitative estimate of drug-likeness (QED) is 0.918. The number of hydrogen-bond acceptors (Lipinski definition) is 3. The third-order valence-corrected chi connectivity index (χ3v) is 3.55. The fourth-order valence-electron chi connectivity index (χ4n) is 1.96. The Morgan fingerprint density at radius 1 is 1.47 bits per heavy atom. The lowest BCUT2D eigenvalue weighted by atomic mass is 10.0. The Morgan fingerprint density at radius 3 is 2.89 bits per heavy atom. The zero-order chi connectivity index (χ0) is 13.8. The van der Waals surface area contributed by atoms with E-state index >= 15 is 0 Å². The van der Waals surface area contributed by atoms with Crippen LogP contribution in [0.3, 0.4) is 0 Å². The van der Waals surface area contributed by atoms with Gasteiger partial charge in [-0.05, 0) is 35.0 Å². The normalized spacial score (nSPS) is 12.6. The maximum Gasteiger partial charge on any atom is 0.142 e. The number of hydrogen-bond donors (Lipinski definition) is 1. The van der Waals surface area contributed by atoms with Crippen molar-refractivity contribution >= 4 is 15.9 Å². The van der Waals surface area contributed by atoms with Gasteiger partial charge in [-0.25, -0.2) is 4.39 Å². The summed E-state index contributed by atoms with van der Waals surface area (Å²) in [4.78, 5) is 0. The van der Waals surface area contributed by atoms with E-state index in [4.69, 9.17) is 0 Å². The highest BCUT2D eigenvalue weighted by atomic mass is 79.9. The van der Waals surface area contributed by atoms with Crippen molar-refractivity contribution in [2.45, 2.75) is 19.4 Å². The van der Waals surface area contributed by atoms with E-state index in [2.05, 4.69) is 38.5 Å². The molecule has 1 aromatic carbocycles. The number of rotatable bonds is 5. The molecule has 0 amide bonds. The maximum absolute atomic E-state index is 14.3. The van der Waals surface area contributed by atoms with Crippen molar-refractivity contribution in [1.29, 1.82) is 0 Å². The minimum absolute atomic E-state index is 0.252. The average molecular weight is 327 g/mol. The van der Waals surface area contributed by atoms with E-state index in [1.807, 2.05) is 6.07 Å². The minimum Gasteiger partial charge on any atom is -0.305 e. The zero-order valence-electron chi connectivity index (χ0n) is 10.9. The second-order valence-electron chi connectivity index (χ2n) is 4.31. The van der Waals surface area contributed by atoms with Crippen LogP contribution in [0.4, 0.5) is 4.39 Å². The molecule has 0 saturated heterocycles. The predicted octanol–water partition coefficient (Wildman–Crippen LogP) is 2.81. The first-order valence-electron chi connectivity index (χ1n) is 6.17. The van der Waals surface area contributed by atoms with E-state index in [1.54, 1.807) is 30.1 Å². The van der Waals surface area contributed by atoms with E-state index in [-0.39, 0.29) is 11.9 Å². The van der Waals surface area contributed by atoms with Crippen molar-refractivity contribution in [2.24, 2.45) is 7.05 Å². The third-order valence-electron chi connectivity index (χ3n) is 2.94. The highest BCUT2D eigenvalue weighted by Crippen LogP contribution is 2.27. The molecule has 1 aromatic heterocycles. The number of nitrogens with one attached hydrogen (secondary N) is 1.